The SMILES string of the molecule is CC(C(=O)Nc1ccc([N+](=O)[O-])cc1Cl)N1CCN(C(=O)c2cc3ccccc3[nH]2)CC1. The molecule has 2 N–H and O–H groups in total. The molecule has 10 heteroatoms. The van der Waals surface area contributed by atoms with E-state index in [2.05, 4.69) is 10.3 Å². The number of nitro groups is 1. The fraction of sp³-hybridized carbons (Fsp3) is 0.273. The summed E-state index contributed by atoms with van der Waals surface area (Å²) in [5, 5.41) is 14.7. The van der Waals surface area contributed by atoms with Gasteiger partial charge < -0.3 is 15.2 Å². The van der Waals surface area contributed by atoms with Crippen LogP contribution in [-0.2, 0) is 4.79 Å². The van der Waals surface area contributed by atoms with Crippen LogP contribution in [0.25, 0.3) is 10.9 Å². The number of halogens is 1. The summed E-state index contributed by atoms with van der Waals surface area (Å²) in [6.45, 7) is 3.89. The Morgan fingerprint density at radius 2 is 1.84 bits per heavy atom. The van der Waals surface area contributed by atoms with Gasteiger partial charge in [-0.3, -0.25) is 24.6 Å². The molecule has 4 rings (SSSR count). The second-order valence-electron chi connectivity index (χ2n) is 7.68. The van der Waals surface area contributed by atoms with Gasteiger partial charge in [-0.25, -0.2) is 0 Å². The van der Waals surface area contributed by atoms with Crippen molar-refractivity contribution in [2.24, 2.45) is 0 Å². The number of anilines is 1. The number of hydrogen-bond donors (Lipinski definition) is 2. The zero-order valence-corrected chi connectivity index (χ0v) is 18.1. The monoisotopic (exact) mass is 455 g/mol. The fourth-order valence-electron chi connectivity index (χ4n) is 3.79. The van der Waals surface area contributed by atoms with Crippen LogP contribution in [0.5, 0.6) is 0 Å². The number of nitrogens with one attached hydrogen (secondary N) is 2. The largest absolute Gasteiger partial charge is 0.351 e. The van der Waals surface area contributed by atoms with Crippen molar-refractivity contribution in [2.45, 2.75) is 13.0 Å². The van der Waals surface area contributed by atoms with Gasteiger partial charge in [-0.15, -0.1) is 0 Å². The van der Waals surface area contributed by atoms with Crippen LogP contribution in [-0.4, -0.2) is 63.7 Å². The molecule has 166 valence electrons. The highest BCUT2D eigenvalue weighted by atomic mass is 35.5. The number of nitro benzene ring substituents is 1. The normalized spacial score (nSPS) is 15.5. The first-order valence-electron chi connectivity index (χ1n) is 10.2. The molecule has 0 aliphatic carbocycles. The van der Waals surface area contributed by atoms with E-state index in [9.17, 15) is 19.7 Å². The molecule has 0 bridgehead atoms. The Morgan fingerprint density at radius 3 is 2.50 bits per heavy atom. The van der Waals surface area contributed by atoms with E-state index >= 15 is 0 Å². The highest BCUT2D eigenvalue weighted by molar-refractivity contribution is 6.34. The first-order chi connectivity index (χ1) is 15.3. The summed E-state index contributed by atoms with van der Waals surface area (Å²) in [6, 6.07) is 13.1. The molecule has 1 aromatic heterocycles. The van der Waals surface area contributed by atoms with E-state index in [-0.39, 0.29) is 22.5 Å². The Balaban J connectivity index is 1.34. The highest BCUT2D eigenvalue weighted by Crippen LogP contribution is 2.27. The molecule has 1 aliphatic rings. The maximum Gasteiger partial charge on any atom is 0.271 e. The third kappa shape index (κ3) is 4.44. The molecule has 1 saturated heterocycles. The number of hydrogen-bond acceptors (Lipinski definition) is 5. The van der Waals surface area contributed by atoms with Gasteiger partial charge >= 0.3 is 0 Å². The van der Waals surface area contributed by atoms with Crippen molar-refractivity contribution in [3.8, 4) is 0 Å². The summed E-state index contributed by atoms with van der Waals surface area (Å²) in [7, 11) is 0. The Morgan fingerprint density at radius 1 is 1.12 bits per heavy atom. The maximum absolute atomic E-state index is 12.9. The lowest BCUT2D eigenvalue weighted by molar-refractivity contribution is -0.384. The lowest BCUT2D eigenvalue weighted by Crippen LogP contribution is -2.54. The first-order valence-corrected chi connectivity index (χ1v) is 10.6. The minimum atomic E-state index is -0.545. The summed E-state index contributed by atoms with van der Waals surface area (Å²) in [6.07, 6.45) is 0. The van der Waals surface area contributed by atoms with Gasteiger partial charge in [0.05, 0.1) is 21.7 Å². The molecule has 0 saturated carbocycles. The third-order valence-corrected chi connectivity index (χ3v) is 6.02. The van der Waals surface area contributed by atoms with Crippen LogP contribution in [0, 0.1) is 10.1 Å². The summed E-state index contributed by atoms with van der Waals surface area (Å²) >= 11 is 6.07. The standard InChI is InChI=1S/C22H22ClN5O4/c1-14(21(29)25-19-7-6-16(28(31)32)13-17(19)23)26-8-10-27(11-9-26)22(30)20-12-15-4-2-3-5-18(15)24-20/h2-7,12-14,24H,8-11H2,1H3,(H,25,29). The predicted octanol–water partition coefficient (Wildman–Crippen LogP) is 3.51. The lowest BCUT2D eigenvalue weighted by atomic mass is 10.2. The number of H-pyrrole nitrogens is 1. The van der Waals surface area contributed by atoms with Crippen LogP contribution in [0.4, 0.5) is 11.4 Å². The van der Waals surface area contributed by atoms with Crippen molar-refractivity contribution in [2.75, 3.05) is 31.5 Å². The van der Waals surface area contributed by atoms with E-state index in [0.29, 0.717) is 37.6 Å². The number of nitrogens with zero attached hydrogens (tertiary/aromatic N) is 3. The number of amides is 2. The van der Waals surface area contributed by atoms with Crippen molar-refractivity contribution in [1.29, 1.82) is 0 Å². The van der Waals surface area contributed by atoms with Crippen LogP contribution in [0.15, 0.2) is 48.5 Å². The van der Waals surface area contributed by atoms with Crippen molar-refractivity contribution in [1.82, 2.24) is 14.8 Å². The molecule has 2 heterocycles. The van der Waals surface area contributed by atoms with Gasteiger partial charge in [0.2, 0.25) is 5.91 Å². The molecule has 1 unspecified atom stereocenters. The predicted molar refractivity (Wildman–Crippen MR) is 122 cm³/mol. The Labute approximate surface area is 189 Å². The van der Waals surface area contributed by atoms with Crippen LogP contribution in [0.2, 0.25) is 5.02 Å². The average Bonchev–Trinajstić information content (AvgIpc) is 3.23. The van der Waals surface area contributed by atoms with Gasteiger partial charge in [-0.05, 0) is 25.1 Å². The molecule has 9 nitrogen and oxygen atoms in total. The van der Waals surface area contributed by atoms with Gasteiger partial charge in [0.15, 0.2) is 0 Å². The topological polar surface area (TPSA) is 112 Å². The van der Waals surface area contributed by atoms with Crippen molar-refractivity contribution < 1.29 is 14.5 Å². The van der Waals surface area contributed by atoms with E-state index in [1.54, 1.807) is 11.8 Å². The van der Waals surface area contributed by atoms with E-state index in [1.165, 1.54) is 18.2 Å². The Bertz CT molecular complexity index is 1150. The van der Waals surface area contributed by atoms with Gasteiger partial charge in [0.25, 0.3) is 11.6 Å². The van der Waals surface area contributed by atoms with E-state index < -0.39 is 11.0 Å². The molecule has 32 heavy (non-hydrogen) atoms. The Hall–Kier alpha value is -3.43. The molecule has 2 aromatic carbocycles. The maximum atomic E-state index is 12.9. The molecule has 1 fully saturated rings. The molecule has 1 atom stereocenters. The van der Waals surface area contributed by atoms with Gasteiger partial charge in [0.1, 0.15) is 5.69 Å². The number of carbonyl (C=O) groups excluding carboxylic acids is 2. The number of aromatic amines is 1. The summed E-state index contributed by atoms with van der Waals surface area (Å²) in [5.74, 6) is -0.327. The second-order valence-corrected chi connectivity index (χ2v) is 8.09. The van der Waals surface area contributed by atoms with Crippen molar-refractivity contribution in [3.63, 3.8) is 0 Å². The minimum Gasteiger partial charge on any atom is -0.351 e. The van der Waals surface area contributed by atoms with E-state index in [0.717, 1.165) is 10.9 Å². The van der Waals surface area contributed by atoms with E-state index in [4.69, 9.17) is 11.6 Å². The van der Waals surface area contributed by atoms with Crippen molar-refractivity contribution in [3.05, 3.63) is 69.4 Å². The number of rotatable bonds is 5. The summed E-state index contributed by atoms with van der Waals surface area (Å²) < 4.78 is 0. The van der Waals surface area contributed by atoms with Crippen LogP contribution in [0.3, 0.4) is 0 Å². The smallest absolute Gasteiger partial charge is 0.271 e. The van der Waals surface area contributed by atoms with Crippen molar-refractivity contribution >= 4 is 45.7 Å². The van der Waals surface area contributed by atoms with Gasteiger partial charge in [-0.1, -0.05) is 29.8 Å². The first kappa shape index (κ1) is 21.8. The number of piperazine rings is 1. The molecular formula is C22H22ClN5O4. The quantitative estimate of drug-likeness (QED) is 0.451. The number of para-hydroxylation sites is 1. The van der Waals surface area contributed by atoms with Crippen LogP contribution in [0.1, 0.15) is 17.4 Å². The van der Waals surface area contributed by atoms with E-state index in [1.807, 2.05) is 35.2 Å². The second kappa shape index (κ2) is 8.97. The molecule has 1 aliphatic heterocycles. The molecule has 3 aromatic rings. The zero-order chi connectivity index (χ0) is 22.8. The van der Waals surface area contributed by atoms with Crippen LogP contribution < -0.4 is 5.32 Å². The van der Waals surface area contributed by atoms with Gasteiger partial charge in [-0.2, -0.15) is 0 Å². The number of non-ortho nitro benzene ring substituents is 1. The average molecular weight is 456 g/mol. The summed E-state index contributed by atoms with van der Waals surface area (Å²) in [5.41, 5.74) is 1.65. The molecule has 0 radical (unpaired) electrons. The van der Waals surface area contributed by atoms with Crippen LogP contribution >= 0.6 is 11.6 Å². The minimum absolute atomic E-state index is 0.0596. The number of benzene rings is 2. The molecule has 2 amide bonds. The highest BCUT2D eigenvalue weighted by Gasteiger charge is 2.29. The fourth-order valence-corrected chi connectivity index (χ4v) is 4.02. The van der Waals surface area contributed by atoms with Gasteiger partial charge in [0, 0.05) is 49.2 Å². The summed E-state index contributed by atoms with van der Waals surface area (Å²) in [4.78, 5) is 42.8. The Kier molecular flexibility index (Phi) is 6.11. The number of fused-ring (bicyclic) bond motifs is 1. The molecule has 0 spiro atoms. The molecular weight excluding hydrogens is 434 g/mol. The number of aromatic nitrogens is 1. The zero-order valence-electron chi connectivity index (χ0n) is 17.4. The number of carbonyl (C=O) groups is 2. The third-order valence-electron chi connectivity index (χ3n) is 5.71. The lowest BCUT2D eigenvalue weighted by Gasteiger charge is -2.37.